The first-order valence-electron chi connectivity index (χ1n) is 4.22. The molecule has 60 valence electrons. The van der Waals surface area contributed by atoms with Gasteiger partial charge in [-0.15, -0.1) is 0 Å². The first-order valence-corrected chi connectivity index (χ1v) is 4.22. The summed E-state index contributed by atoms with van der Waals surface area (Å²) in [5.74, 6) is 0.927. The van der Waals surface area contributed by atoms with Crippen LogP contribution in [-0.4, -0.2) is 38.1 Å². The topological polar surface area (TPSA) is 15.3 Å². The average molecular weight is 142 g/mol. The quantitative estimate of drug-likeness (QED) is 0.616. The minimum Gasteiger partial charge on any atom is -0.316 e. The van der Waals surface area contributed by atoms with E-state index >= 15 is 0 Å². The van der Waals surface area contributed by atoms with E-state index in [0.717, 1.165) is 5.92 Å². The van der Waals surface area contributed by atoms with Gasteiger partial charge < -0.3 is 10.2 Å². The van der Waals surface area contributed by atoms with Crippen molar-refractivity contribution < 1.29 is 0 Å². The van der Waals surface area contributed by atoms with Crippen LogP contribution in [0, 0.1) is 5.92 Å². The van der Waals surface area contributed by atoms with Gasteiger partial charge in [-0.25, -0.2) is 0 Å². The van der Waals surface area contributed by atoms with E-state index in [1.807, 2.05) is 0 Å². The highest BCUT2D eigenvalue weighted by atomic mass is 15.1. The number of nitrogens with one attached hydrogen (secondary N) is 1. The summed E-state index contributed by atoms with van der Waals surface area (Å²) in [7, 11) is 2.21. The van der Waals surface area contributed by atoms with Gasteiger partial charge >= 0.3 is 0 Å². The fourth-order valence-electron chi connectivity index (χ4n) is 1.39. The van der Waals surface area contributed by atoms with Crippen LogP contribution in [-0.2, 0) is 0 Å². The SMILES string of the molecule is CCCN(C)CC1CNC1. The van der Waals surface area contributed by atoms with Crippen molar-refractivity contribution in [2.45, 2.75) is 13.3 Å². The maximum absolute atomic E-state index is 3.28. The van der Waals surface area contributed by atoms with Crippen LogP contribution >= 0.6 is 0 Å². The molecule has 0 unspecified atom stereocenters. The van der Waals surface area contributed by atoms with Crippen molar-refractivity contribution in [1.29, 1.82) is 0 Å². The third-order valence-corrected chi connectivity index (χ3v) is 2.04. The Balaban J connectivity index is 1.99. The standard InChI is InChI=1S/C8H18N2/c1-3-4-10(2)7-8-5-9-6-8/h8-9H,3-7H2,1-2H3. The molecule has 1 aliphatic heterocycles. The summed E-state index contributed by atoms with van der Waals surface area (Å²) in [6.07, 6.45) is 1.27. The van der Waals surface area contributed by atoms with Gasteiger partial charge in [0, 0.05) is 19.6 Å². The number of rotatable bonds is 4. The van der Waals surface area contributed by atoms with Crippen LogP contribution in [0.1, 0.15) is 13.3 Å². The number of nitrogens with zero attached hydrogens (tertiary/aromatic N) is 1. The maximum atomic E-state index is 3.28. The lowest BCUT2D eigenvalue weighted by Crippen LogP contribution is -2.47. The molecular weight excluding hydrogens is 124 g/mol. The Kier molecular flexibility index (Phi) is 3.16. The first kappa shape index (κ1) is 8.02. The molecule has 1 heterocycles. The molecule has 0 aromatic rings. The van der Waals surface area contributed by atoms with E-state index in [4.69, 9.17) is 0 Å². The van der Waals surface area contributed by atoms with Gasteiger partial charge in [0.05, 0.1) is 0 Å². The summed E-state index contributed by atoms with van der Waals surface area (Å²) in [6, 6.07) is 0. The molecule has 0 bridgehead atoms. The molecule has 0 radical (unpaired) electrons. The normalized spacial score (nSPS) is 19.5. The molecular formula is C8H18N2. The minimum absolute atomic E-state index is 0.927. The van der Waals surface area contributed by atoms with Crippen LogP contribution < -0.4 is 5.32 Å². The summed E-state index contributed by atoms with van der Waals surface area (Å²) in [4.78, 5) is 2.42. The van der Waals surface area contributed by atoms with Crippen LogP contribution in [0.4, 0.5) is 0 Å². The summed E-state index contributed by atoms with van der Waals surface area (Å²) >= 11 is 0. The third kappa shape index (κ3) is 2.27. The van der Waals surface area contributed by atoms with Gasteiger partial charge in [0.25, 0.3) is 0 Å². The molecule has 1 rings (SSSR count). The molecule has 0 aromatic heterocycles. The van der Waals surface area contributed by atoms with Gasteiger partial charge in [-0.1, -0.05) is 6.92 Å². The lowest BCUT2D eigenvalue weighted by atomic mass is 10.0. The molecule has 0 saturated carbocycles. The highest BCUT2D eigenvalue weighted by Crippen LogP contribution is 2.04. The van der Waals surface area contributed by atoms with E-state index in [1.54, 1.807) is 0 Å². The summed E-state index contributed by atoms with van der Waals surface area (Å²) in [6.45, 7) is 7.22. The number of hydrogen-bond acceptors (Lipinski definition) is 2. The summed E-state index contributed by atoms with van der Waals surface area (Å²) < 4.78 is 0. The lowest BCUT2D eigenvalue weighted by molar-refractivity contribution is 0.224. The van der Waals surface area contributed by atoms with Crippen molar-refractivity contribution in [3.8, 4) is 0 Å². The summed E-state index contributed by atoms with van der Waals surface area (Å²) in [5, 5.41) is 3.28. The Morgan fingerprint density at radius 2 is 2.20 bits per heavy atom. The van der Waals surface area contributed by atoms with Crippen LogP contribution in [0.2, 0.25) is 0 Å². The highest BCUT2D eigenvalue weighted by Gasteiger charge is 2.17. The second-order valence-corrected chi connectivity index (χ2v) is 3.29. The predicted molar refractivity (Wildman–Crippen MR) is 44.1 cm³/mol. The van der Waals surface area contributed by atoms with Crippen molar-refractivity contribution in [2.75, 3.05) is 33.2 Å². The first-order chi connectivity index (χ1) is 4.83. The van der Waals surface area contributed by atoms with Crippen molar-refractivity contribution in [1.82, 2.24) is 10.2 Å². The highest BCUT2D eigenvalue weighted by molar-refractivity contribution is 4.76. The molecule has 1 N–H and O–H groups in total. The molecule has 0 spiro atoms. The Hall–Kier alpha value is -0.0800. The lowest BCUT2D eigenvalue weighted by Gasteiger charge is -2.31. The van der Waals surface area contributed by atoms with Crippen LogP contribution in [0.3, 0.4) is 0 Å². The molecule has 0 atom stereocenters. The molecule has 1 saturated heterocycles. The predicted octanol–water partition coefficient (Wildman–Crippen LogP) is 0.548. The maximum Gasteiger partial charge on any atom is 0.00309 e. The molecule has 1 aliphatic rings. The van der Waals surface area contributed by atoms with E-state index < -0.39 is 0 Å². The Bertz CT molecular complexity index is 89.3. The van der Waals surface area contributed by atoms with Crippen molar-refractivity contribution in [3.05, 3.63) is 0 Å². The van der Waals surface area contributed by atoms with Crippen LogP contribution in [0.5, 0.6) is 0 Å². The average Bonchev–Trinajstić information content (AvgIpc) is 1.80. The van der Waals surface area contributed by atoms with Gasteiger partial charge in [-0.3, -0.25) is 0 Å². The second kappa shape index (κ2) is 3.94. The molecule has 2 heteroatoms. The molecule has 0 aliphatic carbocycles. The zero-order valence-electron chi connectivity index (χ0n) is 7.06. The second-order valence-electron chi connectivity index (χ2n) is 3.29. The number of hydrogen-bond donors (Lipinski definition) is 1. The van der Waals surface area contributed by atoms with E-state index in [0.29, 0.717) is 0 Å². The van der Waals surface area contributed by atoms with Crippen molar-refractivity contribution in [3.63, 3.8) is 0 Å². The zero-order valence-corrected chi connectivity index (χ0v) is 7.06. The fourth-order valence-corrected chi connectivity index (χ4v) is 1.39. The van der Waals surface area contributed by atoms with Crippen molar-refractivity contribution in [2.24, 2.45) is 5.92 Å². The van der Waals surface area contributed by atoms with Gasteiger partial charge in [0.1, 0.15) is 0 Å². The molecule has 2 nitrogen and oxygen atoms in total. The zero-order chi connectivity index (χ0) is 7.40. The van der Waals surface area contributed by atoms with Gasteiger partial charge in [0.15, 0.2) is 0 Å². The fraction of sp³-hybridized carbons (Fsp3) is 1.00. The monoisotopic (exact) mass is 142 g/mol. The van der Waals surface area contributed by atoms with Gasteiger partial charge in [0.2, 0.25) is 0 Å². The van der Waals surface area contributed by atoms with Gasteiger partial charge in [-0.05, 0) is 25.9 Å². The van der Waals surface area contributed by atoms with E-state index in [2.05, 4.69) is 24.2 Å². The molecule has 1 fully saturated rings. The van der Waals surface area contributed by atoms with Crippen molar-refractivity contribution >= 4 is 0 Å². The van der Waals surface area contributed by atoms with E-state index in [1.165, 1.54) is 32.6 Å². The minimum atomic E-state index is 0.927. The molecule has 0 amide bonds. The molecule has 0 aromatic carbocycles. The van der Waals surface area contributed by atoms with Crippen LogP contribution in [0.15, 0.2) is 0 Å². The van der Waals surface area contributed by atoms with Crippen LogP contribution in [0.25, 0.3) is 0 Å². The van der Waals surface area contributed by atoms with Gasteiger partial charge in [-0.2, -0.15) is 0 Å². The Labute approximate surface area is 63.6 Å². The van der Waals surface area contributed by atoms with E-state index in [9.17, 15) is 0 Å². The Morgan fingerprint density at radius 1 is 1.50 bits per heavy atom. The summed E-state index contributed by atoms with van der Waals surface area (Å²) in [5.41, 5.74) is 0. The largest absolute Gasteiger partial charge is 0.316 e. The van der Waals surface area contributed by atoms with E-state index in [-0.39, 0.29) is 0 Å². The third-order valence-electron chi connectivity index (χ3n) is 2.04. The smallest absolute Gasteiger partial charge is 0.00309 e. The molecule has 10 heavy (non-hydrogen) atoms. The Morgan fingerprint density at radius 3 is 2.60 bits per heavy atom.